The van der Waals surface area contributed by atoms with Crippen LogP contribution in [-0.2, 0) is 4.79 Å². The first-order chi connectivity index (χ1) is 10.6. The zero-order valence-corrected chi connectivity index (χ0v) is 13.9. The number of carbonyl (C=O) groups excluding carboxylic acids is 1. The summed E-state index contributed by atoms with van der Waals surface area (Å²) in [5.74, 6) is 1.05. The molecule has 0 aliphatic heterocycles. The van der Waals surface area contributed by atoms with Crippen LogP contribution < -0.4 is 10.1 Å². The Morgan fingerprint density at radius 2 is 1.95 bits per heavy atom. The van der Waals surface area contributed by atoms with Crippen LogP contribution in [0.1, 0.15) is 50.5 Å². The monoisotopic (exact) mass is 321 g/mol. The molecule has 0 unspecified atom stereocenters. The van der Waals surface area contributed by atoms with Crippen LogP contribution >= 0.6 is 11.6 Å². The number of benzene rings is 1. The number of halogens is 1. The topological polar surface area (TPSA) is 38.3 Å². The summed E-state index contributed by atoms with van der Waals surface area (Å²) in [5.41, 5.74) is 1.13. The summed E-state index contributed by atoms with van der Waals surface area (Å²) in [5, 5.41) is 3.84. The summed E-state index contributed by atoms with van der Waals surface area (Å²) in [6.07, 6.45) is 7.77. The molecule has 0 heterocycles. The number of hydrogen-bond donors (Lipinski definition) is 1. The fraction of sp³-hybridized carbons (Fsp3) is 0.611. The summed E-state index contributed by atoms with van der Waals surface area (Å²) < 4.78 is 5.92. The lowest BCUT2D eigenvalue weighted by Crippen LogP contribution is -2.47. The smallest absolute Gasteiger partial charge is 0.223 e. The van der Waals surface area contributed by atoms with Gasteiger partial charge in [-0.15, -0.1) is 0 Å². The van der Waals surface area contributed by atoms with E-state index in [2.05, 4.69) is 5.32 Å². The minimum absolute atomic E-state index is 0.107. The number of aryl methyl sites for hydroxylation is 1. The Morgan fingerprint density at radius 1 is 1.23 bits per heavy atom. The second kappa shape index (κ2) is 6.91. The molecule has 0 atom stereocenters. The Bertz CT molecular complexity index is 534. The third-order valence-corrected chi connectivity index (χ3v) is 5.11. The molecule has 0 saturated heterocycles. The third kappa shape index (κ3) is 3.75. The molecule has 0 aromatic heterocycles. The molecule has 0 radical (unpaired) electrons. The number of hydrogen-bond acceptors (Lipinski definition) is 2. The maximum absolute atomic E-state index is 12.2. The van der Waals surface area contributed by atoms with Crippen molar-refractivity contribution in [2.75, 3.05) is 0 Å². The molecule has 3 rings (SSSR count). The van der Waals surface area contributed by atoms with E-state index in [1.807, 2.05) is 25.1 Å². The first-order valence-electron chi connectivity index (χ1n) is 8.35. The number of carbonyl (C=O) groups is 1. The first kappa shape index (κ1) is 15.7. The zero-order valence-electron chi connectivity index (χ0n) is 13.1. The molecule has 2 saturated carbocycles. The maximum atomic E-state index is 12.2. The van der Waals surface area contributed by atoms with Crippen molar-refractivity contribution >= 4 is 17.5 Å². The minimum Gasteiger partial charge on any atom is -0.489 e. The van der Waals surface area contributed by atoms with Gasteiger partial charge in [-0.05, 0) is 50.3 Å². The van der Waals surface area contributed by atoms with Gasteiger partial charge in [0, 0.05) is 12.0 Å². The van der Waals surface area contributed by atoms with E-state index in [0.717, 1.165) is 37.0 Å². The van der Waals surface area contributed by atoms with E-state index >= 15 is 0 Å². The second-order valence-corrected chi connectivity index (χ2v) is 7.09. The van der Waals surface area contributed by atoms with Crippen molar-refractivity contribution in [3.8, 4) is 5.75 Å². The molecular formula is C18H24ClNO2. The summed E-state index contributed by atoms with van der Waals surface area (Å²) >= 11 is 6.14. The van der Waals surface area contributed by atoms with Crippen molar-refractivity contribution in [1.29, 1.82) is 0 Å². The largest absolute Gasteiger partial charge is 0.489 e. The molecule has 22 heavy (non-hydrogen) atoms. The number of amides is 1. The van der Waals surface area contributed by atoms with Crippen LogP contribution in [0.15, 0.2) is 18.2 Å². The molecule has 4 heteroatoms. The van der Waals surface area contributed by atoms with Gasteiger partial charge in [0.15, 0.2) is 0 Å². The molecule has 1 aromatic rings. The van der Waals surface area contributed by atoms with Gasteiger partial charge >= 0.3 is 0 Å². The van der Waals surface area contributed by atoms with Gasteiger partial charge in [-0.3, -0.25) is 4.79 Å². The van der Waals surface area contributed by atoms with Gasteiger partial charge < -0.3 is 10.1 Å². The highest BCUT2D eigenvalue weighted by Crippen LogP contribution is 2.35. The zero-order chi connectivity index (χ0) is 15.5. The fourth-order valence-electron chi connectivity index (χ4n) is 3.32. The van der Waals surface area contributed by atoms with Gasteiger partial charge in [0.25, 0.3) is 0 Å². The summed E-state index contributed by atoms with van der Waals surface area (Å²) in [4.78, 5) is 12.2. The molecule has 2 fully saturated rings. The fourth-order valence-corrected chi connectivity index (χ4v) is 3.48. The van der Waals surface area contributed by atoms with E-state index in [9.17, 15) is 4.79 Å². The molecule has 2 aliphatic carbocycles. The Hall–Kier alpha value is -1.22. The number of nitrogens with one attached hydrogen (secondary N) is 1. The van der Waals surface area contributed by atoms with E-state index in [-0.39, 0.29) is 17.9 Å². The Morgan fingerprint density at radius 3 is 2.68 bits per heavy atom. The normalized spacial score (nSPS) is 25.4. The lowest BCUT2D eigenvalue weighted by molar-refractivity contribution is -0.131. The highest BCUT2D eigenvalue weighted by atomic mass is 35.5. The van der Waals surface area contributed by atoms with Crippen LogP contribution in [0.4, 0.5) is 0 Å². The van der Waals surface area contributed by atoms with Crippen molar-refractivity contribution in [1.82, 2.24) is 5.32 Å². The molecule has 1 amide bonds. The molecular weight excluding hydrogens is 298 g/mol. The van der Waals surface area contributed by atoms with Crippen LogP contribution in [0.5, 0.6) is 5.75 Å². The Labute approximate surface area is 137 Å². The van der Waals surface area contributed by atoms with Crippen LogP contribution in [-0.4, -0.2) is 18.1 Å². The Kier molecular flexibility index (Phi) is 4.92. The molecule has 2 aliphatic rings. The predicted molar refractivity (Wildman–Crippen MR) is 88.3 cm³/mol. The van der Waals surface area contributed by atoms with Gasteiger partial charge in [0.2, 0.25) is 5.91 Å². The van der Waals surface area contributed by atoms with Gasteiger partial charge in [-0.1, -0.05) is 36.9 Å². The highest BCUT2D eigenvalue weighted by Gasteiger charge is 2.37. The van der Waals surface area contributed by atoms with Gasteiger partial charge in [-0.2, -0.15) is 0 Å². The van der Waals surface area contributed by atoms with Gasteiger partial charge in [-0.25, -0.2) is 0 Å². The maximum Gasteiger partial charge on any atom is 0.223 e. The molecule has 0 spiro atoms. The van der Waals surface area contributed by atoms with E-state index in [0.29, 0.717) is 11.1 Å². The lowest BCUT2D eigenvalue weighted by atomic mass is 9.81. The van der Waals surface area contributed by atoms with Crippen molar-refractivity contribution in [2.24, 2.45) is 5.92 Å². The third-order valence-electron chi connectivity index (χ3n) is 4.80. The quantitative estimate of drug-likeness (QED) is 0.900. The first-order valence-corrected chi connectivity index (χ1v) is 8.73. The van der Waals surface area contributed by atoms with Crippen molar-refractivity contribution in [3.05, 3.63) is 28.8 Å². The average molecular weight is 322 g/mol. The number of rotatable bonds is 4. The van der Waals surface area contributed by atoms with Crippen molar-refractivity contribution in [3.63, 3.8) is 0 Å². The molecule has 3 nitrogen and oxygen atoms in total. The van der Waals surface area contributed by atoms with Gasteiger partial charge in [0.1, 0.15) is 11.9 Å². The molecule has 1 N–H and O–H groups in total. The van der Waals surface area contributed by atoms with Crippen LogP contribution in [0, 0.1) is 12.8 Å². The van der Waals surface area contributed by atoms with Crippen LogP contribution in [0.3, 0.4) is 0 Å². The van der Waals surface area contributed by atoms with Gasteiger partial charge in [0.05, 0.1) is 5.02 Å². The predicted octanol–water partition coefficient (Wildman–Crippen LogP) is 4.25. The summed E-state index contributed by atoms with van der Waals surface area (Å²) in [6, 6.07) is 6.18. The summed E-state index contributed by atoms with van der Waals surface area (Å²) in [7, 11) is 0. The van der Waals surface area contributed by atoms with Crippen LogP contribution in [0.2, 0.25) is 5.02 Å². The van der Waals surface area contributed by atoms with E-state index in [4.69, 9.17) is 16.3 Å². The lowest BCUT2D eigenvalue weighted by Gasteiger charge is -2.36. The average Bonchev–Trinajstić information content (AvgIpc) is 2.46. The van der Waals surface area contributed by atoms with E-state index in [1.54, 1.807) is 0 Å². The van der Waals surface area contributed by atoms with Crippen molar-refractivity contribution < 1.29 is 9.53 Å². The summed E-state index contributed by atoms with van der Waals surface area (Å²) in [6.45, 7) is 2.02. The highest BCUT2D eigenvalue weighted by molar-refractivity contribution is 6.32. The van der Waals surface area contributed by atoms with Crippen LogP contribution in [0.25, 0.3) is 0 Å². The Balaban J connectivity index is 1.45. The SMILES string of the molecule is Cc1ccc(Cl)c(OC2CC(C(=O)NC3CCCCC3)C2)c1. The second-order valence-electron chi connectivity index (χ2n) is 6.69. The standard InChI is InChI=1S/C18H24ClNO2/c1-12-7-8-16(19)17(9-12)22-15-10-13(11-15)18(21)20-14-5-3-2-4-6-14/h7-9,13-15H,2-6,10-11H2,1H3,(H,20,21). The minimum atomic E-state index is 0.107. The van der Waals surface area contributed by atoms with Crippen molar-refractivity contribution in [2.45, 2.75) is 64.0 Å². The molecule has 1 aromatic carbocycles. The molecule has 120 valence electrons. The number of ether oxygens (including phenoxy) is 1. The van der Waals surface area contributed by atoms with E-state index < -0.39 is 0 Å². The molecule has 0 bridgehead atoms. The van der Waals surface area contributed by atoms with E-state index in [1.165, 1.54) is 19.3 Å².